The average Bonchev–Trinajstić information content (AvgIpc) is 2.57. The summed E-state index contributed by atoms with van der Waals surface area (Å²) in [5, 5.41) is 6.31. The molecule has 1 aromatic rings. The van der Waals surface area contributed by atoms with E-state index in [2.05, 4.69) is 15.5 Å². The molecule has 4 aliphatic rings. The van der Waals surface area contributed by atoms with Crippen LogP contribution in [-0.4, -0.2) is 29.6 Å². The van der Waals surface area contributed by atoms with Crippen molar-refractivity contribution in [2.45, 2.75) is 43.7 Å². The molecule has 1 heterocycles. The van der Waals surface area contributed by atoms with Crippen LogP contribution in [0.3, 0.4) is 0 Å². The third-order valence-corrected chi connectivity index (χ3v) is 6.36. The van der Waals surface area contributed by atoms with Crippen molar-refractivity contribution in [2.24, 2.45) is 22.9 Å². The third-order valence-electron chi connectivity index (χ3n) is 6.16. The number of nitroso groups, excluding NO2 is 1. The second-order valence-electron chi connectivity index (χ2n) is 7.48. The van der Waals surface area contributed by atoms with E-state index in [-0.39, 0.29) is 22.4 Å². The van der Waals surface area contributed by atoms with Crippen LogP contribution < -0.4 is 5.32 Å². The van der Waals surface area contributed by atoms with E-state index in [1.807, 2.05) is 7.11 Å². The van der Waals surface area contributed by atoms with Gasteiger partial charge in [0.1, 0.15) is 5.15 Å². The first-order valence-corrected chi connectivity index (χ1v) is 8.76. The molecule has 4 aliphatic carbocycles. The van der Waals surface area contributed by atoms with E-state index >= 15 is 0 Å². The van der Waals surface area contributed by atoms with E-state index in [0.717, 1.165) is 18.8 Å². The van der Waals surface area contributed by atoms with Gasteiger partial charge in [-0.3, -0.25) is 4.79 Å². The zero-order chi connectivity index (χ0) is 16.9. The fourth-order valence-corrected chi connectivity index (χ4v) is 5.54. The van der Waals surface area contributed by atoms with Crippen LogP contribution in [0.5, 0.6) is 0 Å². The van der Waals surface area contributed by atoms with Crippen molar-refractivity contribution in [3.05, 3.63) is 27.9 Å². The highest BCUT2D eigenvalue weighted by atomic mass is 35.5. The number of pyridine rings is 1. The Kier molecular flexibility index (Phi) is 3.84. The van der Waals surface area contributed by atoms with Gasteiger partial charge in [0.25, 0.3) is 0 Å². The van der Waals surface area contributed by atoms with Gasteiger partial charge in [-0.15, -0.1) is 4.91 Å². The van der Waals surface area contributed by atoms with Crippen molar-refractivity contribution in [1.82, 2.24) is 4.98 Å². The van der Waals surface area contributed by atoms with Crippen molar-refractivity contribution in [3.8, 4) is 0 Å². The molecule has 0 aromatic carbocycles. The Labute approximate surface area is 145 Å². The molecule has 128 valence electrons. The zero-order valence-corrected chi connectivity index (χ0v) is 14.3. The first-order chi connectivity index (χ1) is 11.5. The number of hydrogen-bond acceptors (Lipinski definition) is 5. The lowest BCUT2D eigenvalue weighted by atomic mass is 9.52. The Bertz CT molecular complexity index is 680. The molecule has 4 fully saturated rings. The summed E-state index contributed by atoms with van der Waals surface area (Å²) in [4.78, 5) is 26.3. The molecule has 0 radical (unpaired) electrons. The number of carbonyl (C=O) groups is 1. The summed E-state index contributed by atoms with van der Waals surface area (Å²) in [6.45, 7) is 0. The Morgan fingerprint density at radius 2 is 2.08 bits per heavy atom. The van der Waals surface area contributed by atoms with Crippen LogP contribution >= 0.6 is 11.6 Å². The molecule has 5 rings (SSSR count). The molecule has 1 N–H and O–H groups in total. The van der Waals surface area contributed by atoms with Gasteiger partial charge in [-0.2, -0.15) is 0 Å². The first kappa shape index (κ1) is 16.0. The minimum atomic E-state index is -0.821. The van der Waals surface area contributed by atoms with E-state index in [0.29, 0.717) is 17.5 Å². The average molecular weight is 350 g/mol. The largest absolute Gasteiger partial charge is 0.381 e. The molecule has 1 amide bonds. The summed E-state index contributed by atoms with van der Waals surface area (Å²) >= 11 is 5.99. The predicted octanol–water partition coefficient (Wildman–Crippen LogP) is 3.65. The normalized spacial score (nSPS) is 36.6. The number of ether oxygens (including phenoxy) is 1. The van der Waals surface area contributed by atoms with Crippen LogP contribution in [-0.2, 0) is 4.74 Å². The van der Waals surface area contributed by atoms with Crippen LogP contribution in [0.15, 0.2) is 17.4 Å². The van der Waals surface area contributed by atoms with Crippen LogP contribution in [0.1, 0.15) is 42.5 Å². The summed E-state index contributed by atoms with van der Waals surface area (Å²) in [5.74, 6) is 0.934. The third kappa shape index (κ3) is 2.52. The lowest BCUT2D eigenvalue weighted by Crippen LogP contribution is -2.59. The van der Waals surface area contributed by atoms with Gasteiger partial charge in [0.05, 0.1) is 16.9 Å². The van der Waals surface area contributed by atoms with E-state index in [1.165, 1.54) is 25.5 Å². The number of hydrogen-bond donors (Lipinski definition) is 1. The van der Waals surface area contributed by atoms with Gasteiger partial charge in [-0.05, 0) is 55.9 Å². The molecule has 0 spiro atoms. The summed E-state index contributed by atoms with van der Waals surface area (Å²) in [6.07, 6.45) is 6.95. The molecule has 1 aromatic heterocycles. The van der Waals surface area contributed by atoms with Crippen LogP contribution in [0.25, 0.3) is 0 Å². The minimum Gasteiger partial charge on any atom is -0.381 e. The number of methoxy groups -OCH3 is 1. The van der Waals surface area contributed by atoms with Gasteiger partial charge in [0, 0.05) is 24.5 Å². The van der Waals surface area contributed by atoms with Crippen molar-refractivity contribution >= 4 is 23.2 Å². The second kappa shape index (κ2) is 5.77. The monoisotopic (exact) mass is 349 g/mol. The molecule has 7 heteroatoms. The van der Waals surface area contributed by atoms with Gasteiger partial charge in [-0.1, -0.05) is 11.6 Å². The molecular formula is C17H20ClN3O3. The minimum absolute atomic E-state index is 0.0353. The summed E-state index contributed by atoms with van der Waals surface area (Å²) in [7, 11) is 1.82. The van der Waals surface area contributed by atoms with Gasteiger partial charge in [0.2, 0.25) is 0 Å². The Balaban J connectivity index is 1.62. The van der Waals surface area contributed by atoms with Crippen LogP contribution in [0, 0.1) is 22.7 Å². The number of carbonyl (C=O) groups excluding carboxylic acids is 1. The molecule has 5 atom stereocenters. The molecule has 0 saturated heterocycles. The highest BCUT2D eigenvalue weighted by molar-refractivity contribution is 6.29. The van der Waals surface area contributed by atoms with Gasteiger partial charge >= 0.3 is 5.91 Å². The predicted molar refractivity (Wildman–Crippen MR) is 90.1 cm³/mol. The molecule has 24 heavy (non-hydrogen) atoms. The molecule has 0 aliphatic heterocycles. The van der Waals surface area contributed by atoms with Crippen molar-refractivity contribution in [3.63, 3.8) is 0 Å². The SMILES string of the molecule is COC12CC3C[C@H](C1)[C@@H](Nc1cc(Cl)ncc1C(=O)N=O)[C@@H](C3)C2. The number of rotatable bonds is 4. The topological polar surface area (TPSA) is 80.7 Å². The van der Waals surface area contributed by atoms with E-state index in [4.69, 9.17) is 16.3 Å². The van der Waals surface area contributed by atoms with Crippen LogP contribution in [0.2, 0.25) is 5.15 Å². The second-order valence-corrected chi connectivity index (χ2v) is 7.86. The maximum absolute atomic E-state index is 11.8. The standard InChI is InChI=1S/C17H20ClN3O3/c1-24-17-5-9-2-10(6-17)15(11(3-9)7-17)20-13-4-14(18)19-8-12(13)16(22)21-23/h4,8-11,15H,2-3,5-7H2,1H3,(H,19,20)/t9?,10-,11+,15-,17?. The van der Waals surface area contributed by atoms with Crippen LogP contribution in [0.4, 0.5) is 5.69 Å². The highest BCUT2D eigenvalue weighted by Gasteiger charge is 2.55. The number of nitrogens with one attached hydrogen (secondary N) is 1. The van der Waals surface area contributed by atoms with Crippen molar-refractivity contribution in [2.75, 3.05) is 12.4 Å². The molecule has 4 saturated carbocycles. The number of amides is 1. The van der Waals surface area contributed by atoms with Gasteiger partial charge in [-0.25, -0.2) is 4.98 Å². The maximum Gasteiger partial charge on any atom is 0.320 e. The Morgan fingerprint density at radius 1 is 1.38 bits per heavy atom. The van der Waals surface area contributed by atoms with E-state index in [9.17, 15) is 9.70 Å². The fraction of sp³-hybridized carbons (Fsp3) is 0.647. The molecule has 6 nitrogen and oxygen atoms in total. The lowest BCUT2D eigenvalue weighted by molar-refractivity contribution is -0.149. The highest BCUT2D eigenvalue weighted by Crippen LogP contribution is 2.57. The number of anilines is 1. The number of nitrogens with zero attached hydrogens (tertiary/aromatic N) is 2. The molecule has 2 unspecified atom stereocenters. The van der Waals surface area contributed by atoms with E-state index in [1.54, 1.807) is 6.07 Å². The van der Waals surface area contributed by atoms with Gasteiger partial charge < -0.3 is 10.1 Å². The lowest BCUT2D eigenvalue weighted by Gasteiger charge is -2.59. The quantitative estimate of drug-likeness (QED) is 0.663. The maximum atomic E-state index is 11.8. The summed E-state index contributed by atoms with van der Waals surface area (Å²) < 4.78 is 5.88. The fourth-order valence-electron chi connectivity index (χ4n) is 5.38. The van der Waals surface area contributed by atoms with Crippen molar-refractivity contribution in [1.29, 1.82) is 0 Å². The molecular weight excluding hydrogens is 330 g/mol. The molecule has 4 bridgehead atoms. The summed E-state index contributed by atoms with van der Waals surface area (Å²) in [5.41, 5.74) is 0.779. The van der Waals surface area contributed by atoms with Gasteiger partial charge in [0.15, 0.2) is 0 Å². The smallest absolute Gasteiger partial charge is 0.320 e. The summed E-state index contributed by atoms with van der Waals surface area (Å²) in [6, 6.07) is 1.87. The Hall–Kier alpha value is -1.53. The zero-order valence-electron chi connectivity index (χ0n) is 13.5. The first-order valence-electron chi connectivity index (χ1n) is 8.38. The van der Waals surface area contributed by atoms with Crippen molar-refractivity contribution < 1.29 is 9.53 Å². The van der Waals surface area contributed by atoms with E-state index < -0.39 is 5.91 Å². The number of halogens is 1. The Morgan fingerprint density at radius 3 is 2.71 bits per heavy atom. The number of aromatic nitrogens is 1.